The second kappa shape index (κ2) is 12.5. The van der Waals surface area contributed by atoms with Gasteiger partial charge in [0, 0.05) is 6.42 Å². The highest BCUT2D eigenvalue weighted by atomic mass is 28.4. The Balaban J connectivity index is 3.19. The van der Waals surface area contributed by atoms with E-state index in [2.05, 4.69) is 33.1 Å². The molecule has 0 fully saturated rings. The third-order valence-corrected chi connectivity index (χ3v) is 4.41. The lowest BCUT2D eigenvalue weighted by molar-refractivity contribution is 0.394. The van der Waals surface area contributed by atoms with Crippen LogP contribution in [0.5, 0.6) is 0 Å². The molecule has 0 N–H and O–H groups in total. The van der Waals surface area contributed by atoms with Gasteiger partial charge in [-0.1, -0.05) is 77.7 Å². The Morgan fingerprint density at radius 2 is 1.15 bits per heavy atom. The fraction of sp³-hybridized carbons (Fsp3) is 0.889. The molecule has 0 aliphatic carbocycles. The Labute approximate surface area is 129 Å². The van der Waals surface area contributed by atoms with Crippen LogP contribution in [0.15, 0.2) is 12.3 Å². The van der Waals surface area contributed by atoms with Crippen LogP contribution in [0.1, 0.15) is 84.0 Å². The highest BCUT2D eigenvalue weighted by Gasteiger charge is 2.16. The van der Waals surface area contributed by atoms with Crippen LogP contribution in [0.2, 0.25) is 19.6 Å². The molecule has 0 aromatic rings. The average Bonchev–Trinajstić information content (AvgIpc) is 2.34. The lowest BCUT2D eigenvalue weighted by atomic mass is 10.1. The molecule has 0 atom stereocenters. The smallest absolute Gasteiger partial charge is 0.241 e. The zero-order valence-electron chi connectivity index (χ0n) is 14.6. The molecule has 0 radical (unpaired) electrons. The molecule has 1 nitrogen and oxygen atoms in total. The Hall–Kier alpha value is -0.243. The zero-order chi connectivity index (χ0) is 15.3. The standard InChI is InChI=1S/C18H38OSi/c1-6-7-8-9-10-11-12-13-14-15-16-17-18(2)19-20(3,4)5/h2,6-17H2,1,3-5H3. The summed E-state index contributed by atoms with van der Waals surface area (Å²) in [6.07, 6.45) is 16.4. The molecule has 0 saturated heterocycles. The molecule has 0 aliphatic rings. The lowest BCUT2D eigenvalue weighted by Gasteiger charge is -2.20. The molecule has 0 aliphatic heterocycles. The van der Waals surface area contributed by atoms with Gasteiger partial charge in [0.15, 0.2) is 0 Å². The molecule has 0 spiro atoms. The normalized spacial score (nSPS) is 11.6. The Bertz CT molecular complexity index is 230. The fourth-order valence-corrected chi connectivity index (χ4v) is 3.44. The quantitative estimate of drug-likeness (QED) is 0.189. The summed E-state index contributed by atoms with van der Waals surface area (Å²) in [5.74, 6) is 1.01. The van der Waals surface area contributed by atoms with E-state index in [4.69, 9.17) is 4.43 Å². The van der Waals surface area contributed by atoms with Gasteiger partial charge in [-0.05, 0) is 26.1 Å². The van der Waals surface area contributed by atoms with E-state index in [1.165, 1.54) is 70.6 Å². The fourth-order valence-electron chi connectivity index (χ4n) is 2.47. The third-order valence-electron chi connectivity index (χ3n) is 3.51. The van der Waals surface area contributed by atoms with Gasteiger partial charge in [0.1, 0.15) is 0 Å². The Morgan fingerprint density at radius 1 is 0.750 bits per heavy atom. The van der Waals surface area contributed by atoms with E-state index in [-0.39, 0.29) is 0 Å². The van der Waals surface area contributed by atoms with Crippen molar-refractivity contribution in [3.63, 3.8) is 0 Å². The van der Waals surface area contributed by atoms with Gasteiger partial charge in [-0.2, -0.15) is 0 Å². The molecule has 0 aromatic carbocycles. The predicted molar refractivity (Wildman–Crippen MR) is 94.6 cm³/mol. The minimum atomic E-state index is -1.42. The van der Waals surface area contributed by atoms with Gasteiger partial charge in [-0.3, -0.25) is 0 Å². The van der Waals surface area contributed by atoms with Crippen molar-refractivity contribution >= 4 is 8.32 Å². The molecule has 0 unspecified atom stereocenters. The van der Waals surface area contributed by atoms with Crippen LogP contribution >= 0.6 is 0 Å². The van der Waals surface area contributed by atoms with Crippen molar-refractivity contribution in [1.29, 1.82) is 0 Å². The first-order valence-corrected chi connectivity index (χ1v) is 12.2. The van der Waals surface area contributed by atoms with Crippen LogP contribution in [0.25, 0.3) is 0 Å². The van der Waals surface area contributed by atoms with Crippen LogP contribution in [-0.2, 0) is 4.43 Å². The van der Waals surface area contributed by atoms with Gasteiger partial charge in [-0.15, -0.1) is 0 Å². The molecule has 0 amide bonds. The van der Waals surface area contributed by atoms with E-state index in [1.54, 1.807) is 0 Å². The highest BCUT2D eigenvalue weighted by Crippen LogP contribution is 2.16. The summed E-state index contributed by atoms with van der Waals surface area (Å²) in [7, 11) is -1.42. The summed E-state index contributed by atoms with van der Waals surface area (Å²) in [5.41, 5.74) is 0. The van der Waals surface area contributed by atoms with Crippen molar-refractivity contribution in [2.24, 2.45) is 0 Å². The highest BCUT2D eigenvalue weighted by molar-refractivity contribution is 6.70. The largest absolute Gasteiger partial charge is 0.548 e. The van der Waals surface area contributed by atoms with Crippen molar-refractivity contribution < 1.29 is 4.43 Å². The van der Waals surface area contributed by atoms with Crippen molar-refractivity contribution in [2.75, 3.05) is 0 Å². The lowest BCUT2D eigenvalue weighted by Crippen LogP contribution is -2.24. The summed E-state index contributed by atoms with van der Waals surface area (Å²) in [5, 5.41) is 0. The zero-order valence-corrected chi connectivity index (χ0v) is 15.6. The molecule has 0 aromatic heterocycles. The molecule has 0 heterocycles. The van der Waals surface area contributed by atoms with Crippen LogP contribution < -0.4 is 0 Å². The monoisotopic (exact) mass is 298 g/mol. The SMILES string of the molecule is C=C(CCCCCCCCCCCCC)O[Si](C)(C)C. The van der Waals surface area contributed by atoms with E-state index in [0.29, 0.717) is 0 Å². The van der Waals surface area contributed by atoms with Gasteiger partial charge in [-0.25, -0.2) is 0 Å². The summed E-state index contributed by atoms with van der Waals surface area (Å²) in [4.78, 5) is 0. The molecule has 20 heavy (non-hydrogen) atoms. The second-order valence-electron chi connectivity index (χ2n) is 7.04. The van der Waals surface area contributed by atoms with Gasteiger partial charge in [0.2, 0.25) is 8.32 Å². The van der Waals surface area contributed by atoms with Crippen LogP contribution in [0, 0.1) is 0 Å². The minimum absolute atomic E-state index is 1.01. The molecule has 2 heteroatoms. The number of hydrogen-bond acceptors (Lipinski definition) is 1. The maximum atomic E-state index is 5.87. The Morgan fingerprint density at radius 3 is 1.55 bits per heavy atom. The van der Waals surface area contributed by atoms with Crippen molar-refractivity contribution in [3.8, 4) is 0 Å². The van der Waals surface area contributed by atoms with Crippen LogP contribution in [-0.4, -0.2) is 8.32 Å². The summed E-state index contributed by atoms with van der Waals surface area (Å²) < 4.78 is 5.87. The second-order valence-corrected chi connectivity index (χ2v) is 11.5. The maximum absolute atomic E-state index is 5.87. The van der Waals surface area contributed by atoms with E-state index < -0.39 is 8.32 Å². The van der Waals surface area contributed by atoms with E-state index in [9.17, 15) is 0 Å². The summed E-state index contributed by atoms with van der Waals surface area (Å²) >= 11 is 0. The van der Waals surface area contributed by atoms with Gasteiger partial charge < -0.3 is 4.43 Å². The van der Waals surface area contributed by atoms with E-state index in [1.807, 2.05) is 0 Å². The summed E-state index contributed by atoms with van der Waals surface area (Å²) in [6.45, 7) is 13.0. The maximum Gasteiger partial charge on any atom is 0.241 e. The van der Waals surface area contributed by atoms with Crippen molar-refractivity contribution in [2.45, 2.75) is 104 Å². The molecular formula is C18H38OSi. The average molecular weight is 299 g/mol. The Kier molecular flexibility index (Phi) is 12.3. The molecule has 120 valence electrons. The van der Waals surface area contributed by atoms with Crippen LogP contribution in [0.3, 0.4) is 0 Å². The number of unbranched alkanes of at least 4 members (excludes halogenated alkanes) is 10. The number of allylic oxidation sites excluding steroid dienone is 1. The number of rotatable bonds is 14. The van der Waals surface area contributed by atoms with Crippen molar-refractivity contribution in [3.05, 3.63) is 12.3 Å². The van der Waals surface area contributed by atoms with E-state index in [0.717, 1.165) is 12.2 Å². The van der Waals surface area contributed by atoms with Crippen molar-refractivity contribution in [1.82, 2.24) is 0 Å². The molecule has 0 saturated carbocycles. The van der Waals surface area contributed by atoms with Gasteiger partial charge >= 0.3 is 0 Å². The number of hydrogen-bond donors (Lipinski definition) is 0. The predicted octanol–water partition coefficient (Wildman–Crippen LogP) is 7.05. The molecule has 0 rings (SSSR count). The van der Waals surface area contributed by atoms with Crippen LogP contribution in [0.4, 0.5) is 0 Å². The van der Waals surface area contributed by atoms with E-state index >= 15 is 0 Å². The summed E-state index contributed by atoms with van der Waals surface area (Å²) in [6, 6.07) is 0. The van der Waals surface area contributed by atoms with Gasteiger partial charge in [0.25, 0.3) is 0 Å². The minimum Gasteiger partial charge on any atom is -0.548 e. The topological polar surface area (TPSA) is 9.23 Å². The first-order valence-electron chi connectivity index (χ1n) is 8.82. The molecule has 0 bridgehead atoms. The first-order chi connectivity index (χ1) is 9.45. The molecular weight excluding hydrogens is 260 g/mol. The van der Waals surface area contributed by atoms with Gasteiger partial charge in [0.05, 0.1) is 5.76 Å². The third kappa shape index (κ3) is 15.8. The first kappa shape index (κ1) is 19.8.